The molecule has 1 aliphatic carbocycles. The van der Waals surface area contributed by atoms with Gasteiger partial charge < -0.3 is 10.1 Å². The van der Waals surface area contributed by atoms with Crippen molar-refractivity contribution >= 4 is 0 Å². The number of morpholine rings is 1. The summed E-state index contributed by atoms with van der Waals surface area (Å²) >= 11 is 0. The number of nitrogens with zero attached hydrogens (tertiary/aromatic N) is 1. The van der Waals surface area contributed by atoms with E-state index in [1.54, 1.807) is 0 Å². The Morgan fingerprint density at radius 3 is 2.41 bits per heavy atom. The molecule has 0 aromatic rings. The molecule has 3 heteroatoms. The second kappa shape index (κ2) is 4.87. The van der Waals surface area contributed by atoms with Gasteiger partial charge >= 0.3 is 0 Å². The largest absolute Gasteiger partial charge is 0.372 e. The number of likely N-dealkylation sites (N-methyl/N-ethyl adjacent to an activating group) is 1. The number of fused-ring (bicyclic) bond motifs is 2. The molecule has 5 atom stereocenters. The molecule has 2 saturated heterocycles. The van der Waals surface area contributed by atoms with E-state index in [2.05, 4.69) is 24.2 Å². The van der Waals surface area contributed by atoms with Gasteiger partial charge in [0, 0.05) is 25.2 Å². The number of ether oxygens (including phenoxy) is 1. The van der Waals surface area contributed by atoms with Crippen LogP contribution in [-0.2, 0) is 4.74 Å². The molecule has 17 heavy (non-hydrogen) atoms. The summed E-state index contributed by atoms with van der Waals surface area (Å²) < 4.78 is 5.95. The van der Waals surface area contributed by atoms with Gasteiger partial charge in [0.2, 0.25) is 0 Å². The van der Waals surface area contributed by atoms with E-state index < -0.39 is 0 Å². The van der Waals surface area contributed by atoms with Gasteiger partial charge in [-0.05, 0) is 45.1 Å². The van der Waals surface area contributed by atoms with Crippen molar-refractivity contribution < 1.29 is 4.74 Å². The average Bonchev–Trinajstić information content (AvgIpc) is 2.68. The molecular weight excluding hydrogens is 212 g/mol. The SMILES string of the molecule is CNC1CCC(C)CC1N1CC2CCC(C1)O2. The van der Waals surface area contributed by atoms with Crippen molar-refractivity contribution in [1.29, 1.82) is 0 Å². The summed E-state index contributed by atoms with van der Waals surface area (Å²) in [5, 5.41) is 3.54. The zero-order chi connectivity index (χ0) is 11.8. The van der Waals surface area contributed by atoms with Crippen LogP contribution < -0.4 is 5.32 Å². The van der Waals surface area contributed by atoms with Crippen molar-refractivity contribution in [1.82, 2.24) is 10.2 Å². The lowest BCUT2D eigenvalue weighted by Crippen LogP contribution is -2.57. The van der Waals surface area contributed by atoms with Gasteiger partial charge in [0.15, 0.2) is 0 Å². The lowest BCUT2D eigenvalue weighted by molar-refractivity contribution is -0.0646. The van der Waals surface area contributed by atoms with Gasteiger partial charge in [0.1, 0.15) is 0 Å². The Morgan fingerprint density at radius 2 is 1.76 bits per heavy atom. The third-order valence-electron chi connectivity index (χ3n) is 4.99. The summed E-state index contributed by atoms with van der Waals surface area (Å²) in [6.07, 6.45) is 7.73. The second-order valence-corrected chi connectivity index (χ2v) is 6.29. The summed E-state index contributed by atoms with van der Waals surface area (Å²) in [6.45, 7) is 4.76. The monoisotopic (exact) mass is 238 g/mol. The first-order chi connectivity index (χ1) is 8.26. The molecule has 3 aliphatic rings. The molecule has 0 spiro atoms. The molecule has 98 valence electrons. The van der Waals surface area contributed by atoms with Gasteiger partial charge in [-0.25, -0.2) is 0 Å². The fourth-order valence-corrected chi connectivity index (χ4v) is 4.01. The predicted molar refractivity (Wildman–Crippen MR) is 69.1 cm³/mol. The van der Waals surface area contributed by atoms with Crippen LogP contribution in [0, 0.1) is 5.92 Å². The summed E-state index contributed by atoms with van der Waals surface area (Å²) in [6, 6.07) is 1.44. The standard InChI is InChI=1S/C14H26N2O/c1-10-3-6-13(15-2)14(7-10)16-8-11-4-5-12(9-16)17-11/h10-15H,3-9H2,1-2H3. The van der Waals surface area contributed by atoms with Crippen molar-refractivity contribution in [2.45, 2.75) is 63.3 Å². The first kappa shape index (κ1) is 11.9. The molecule has 2 bridgehead atoms. The molecule has 2 heterocycles. The Morgan fingerprint density at radius 1 is 1.06 bits per heavy atom. The Bertz CT molecular complexity index is 259. The lowest BCUT2D eigenvalue weighted by atomic mass is 9.82. The highest BCUT2D eigenvalue weighted by atomic mass is 16.5. The Hall–Kier alpha value is -0.120. The number of nitrogens with one attached hydrogen (secondary N) is 1. The number of rotatable bonds is 2. The lowest BCUT2D eigenvalue weighted by Gasteiger charge is -2.45. The average molecular weight is 238 g/mol. The van der Waals surface area contributed by atoms with E-state index >= 15 is 0 Å². The fourth-order valence-electron chi connectivity index (χ4n) is 4.01. The van der Waals surface area contributed by atoms with Gasteiger partial charge in [-0.1, -0.05) is 6.92 Å². The zero-order valence-corrected chi connectivity index (χ0v) is 11.2. The van der Waals surface area contributed by atoms with Gasteiger partial charge in [-0.3, -0.25) is 4.90 Å². The first-order valence-electron chi connectivity index (χ1n) is 7.33. The van der Waals surface area contributed by atoms with Crippen LogP contribution in [0.3, 0.4) is 0 Å². The molecular formula is C14H26N2O. The summed E-state index contributed by atoms with van der Waals surface area (Å²) in [7, 11) is 2.13. The highest BCUT2D eigenvalue weighted by Crippen LogP contribution is 2.33. The smallest absolute Gasteiger partial charge is 0.0707 e. The molecule has 2 aliphatic heterocycles. The topological polar surface area (TPSA) is 24.5 Å². The Labute approximate surface area is 105 Å². The zero-order valence-electron chi connectivity index (χ0n) is 11.2. The first-order valence-corrected chi connectivity index (χ1v) is 7.33. The van der Waals surface area contributed by atoms with E-state index in [-0.39, 0.29) is 0 Å². The Balaban J connectivity index is 1.68. The fraction of sp³-hybridized carbons (Fsp3) is 1.00. The van der Waals surface area contributed by atoms with E-state index in [9.17, 15) is 0 Å². The molecule has 3 nitrogen and oxygen atoms in total. The number of likely N-dealkylation sites (tertiary alicyclic amines) is 1. The quantitative estimate of drug-likeness (QED) is 0.791. The van der Waals surface area contributed by atoms with Gasteiger partial charge in [-0.15, -0.1) is 0 Å². The van der Waals surface area contributed by atoms with Crippen LogP contribution in [0.15, 0.2) is 0 Å². The van der Waals surface area contributed by atoms with Gasteiger partial charge in [0.25, 0.3) is 0 Å². The normalized spacial score (nSPS) is 47.3. The van der Waals surface area contributed by atoms with E-state index in [4.69, 9.17) is 4.74 Å². The summed E-state index contributed by atoms with van der Waals surface area (Å²) in [5.41, 5.74) is 0. The van der Waals surface area contributed by atoms with Crippen LogP contribution in [0.4, 0.5) is 0 Å². The molecule has 5 unspecified atom stereocenters. The number of hydrogen-bond acceptors (Lipinski definition) is 3. The minimum atomic E-state index is 0.531. The van der Waals surface area contributed by atoms with E-state index in [1.807, 2.05) is 0 Å². The molecule has 3 fully saturated rings. The highest BCUT2D eigenvalue weighted by Gasteiger charge is 2.40. The van der Waals surface area contributed by atoms with Crippen molar-refractivity contribution in [2.24, 2.45) is 5.92 Å². The second-order valence-electron chi connectivity index (χ2n) is 6.29. The van der Waals surface area contributed by atoms with Crippen LogP contribution in [0.5, 0.6) is 0 Å². The van der Waals surface area contributed by atoms with E-state index in [0.717, 1.165) is 12.0 Å². The predicted octanol–water partition coefficient (Wildman–Crippen LogP) is 1.63. The van der Waals surface area contributed by atoms with Crippen molar-refractivity contribution in [2.75, 3.05) is 20.1 Å². The molecule has 3 rings (SSSR count). The van der Waals surface area contributed by atoms with Crippen molar-refractivity contribution in [3.05, 3.63) is 0 Å². The molecule has 1 N–H and O–H groups in total. The van der Waals surface area contributed by atoms with E-state index in [0.29, 0.717) is 18.2 Å². The van der Waals surface area contributed by atoms with Crippen LogP contribution in [0.1, 0.15) is 39.0 Å². The minimum absolute atomic E-state index is 0.531. The molecule has 1 saturated carbocycles. The van der Waals surface area contributed by atoms with Gasteiger partial charge in [-0.2, -0.15) is 0 Å². The maximum atomic E-state index is 5.95. The van der Waals surface area contributed by atoms with Crippen molar-refractivity contribution in [3.63, 3.8) is 0 Å². The maximum absolute atomic E-state index is 5.95. The maximum Gasteiger partial charge on any atom is 0.0707 e. The molecule has 0 amide bonds. The van der Waals surface area contributed by atoms with Gasteiger partial charge in [0.05, 0.1) is 12.2 Å². The highest BCUT2D eigenvalue weighted by molar-refractivity contribution is 4.95. The van der Waals surface area contributed by atoms with Crippen LogP contribution in [0.25, 0.3) is 0 Å². The Kier molecular flexibility index (Phi) is 3.42. The third kappa shape index (κ3) is 2.38. The number of hydrogen-bond donors (Lipinski definition) is 1. The molecule has 0 radical (unpaired) electrons. The third-order valence-corrected chi connectivity index (χ3v) is 4.99. The summed E-state index contributed by atoms with van der Waals surface area (Å²) in [5.74, 6) is 0.894. The minimum Gasteiger partial charge on any atom is -0.372 e. The molecule has 0 aromatic carbocycles. The van der Waals surface area contributed by atoms with E-state index in [1.165, 1.54) is 45.2 Å². The van der Waals surface area contributed by atoms with Crippen LogP contribution in [-0.4, -0.2) is 49.3 Å². The van der Waals surface area contributed by atoms with Crippen LogP contribution >= 0.6 is 0 Å². The van der Waals surface area contributed by atoms with Crippen molar-refractivity contribution in [3.8, 4) is 0 Å². The van der Waals surface area contributed by atoms with Crippen LogP contribution in [0.2, 0.25) is 0 Å². The summed E-state index contributed by atoms with van der Waals surface area (Å²) in [4.78, 5) is 2.72. The molecule has 0 aromatic heterocycles.